The van der Waals surface area contributed by atoms with E-state index in [1.54, 1.807) is 6.20 Å². The Morgan fingerprint density at radius 1 is 1.15 bits per heavy atom. The first-order valence-electron chi connectivity index (χ1n) is 4.00. The Morgan fingerprint density at radius 3 is 3.08 bits per heavy atom. The Labute approximate surface area is 73.6 Å². The molecule has 0 saturated heterocycles. The highest BCUT2D eigenvalue weighted by molar-refractivity contribution is 6.01. The number of hydrogen-bond acceptors (Lipinski definition) is 3. The smallest absolute Gasteiger partial charge is 0.202 e. The van der Waals surface area contributed by atoms with Crippen LogP contribution in [0.1, 0.15) is 0 Å². The molecule has 0 aliphatic heterocycles. The number of nitrogens with one attached hydrogen (secondary N) is 1. The zero-order chi connectivity index (χ0) is 8.67. The lowest BCUT2D eigenvalue weighted by Gasteiger charge is -1.95. The Hall–Kier alpha value is -1.97. The first-order valence-corrected chi connectivity index (χ1v) is 4.00. The molecule has 0 unspecified atom stereocenters. The van der Waals surface area contributed by atoms with Gasteiger partial charge in [-0.25, -0.2) is 4.98 Å². The lowest BCUT2D eigenvalue weighted by atomic mass is 10.2. The van der Waals surface area contributed by atoms with Crippen LogP contribution >= 0.6 is 0 Å². The monoisotopic (exact) mass is 170 g/mol. The number of aromatic amines is 1. The van der Waals surface area contributed by atoms with Crippen molar-refractivity contribution < 1.29 is 0 Å². The van der Waals surface area contributed by atoms with E-state index in [1.165, 1.54) is 0 Å². The van der Waals surface area contributed by atoms with Gasteiger partial charge in [-0.1, -0.05) is 29.5 Å². The number of H-pyrrole nitrogens is 1. The minimum absolute atomic E-state index is 0.665. The zero-order valence-electron chi connectivity index (χ0n) is 6.73. The van der Waals surface area contributed by atoms with Crippen LogP contribution in [-0.4, -0.2) is 20.4 Å². The molecule has 62 valence electrons. The maximum Gasteiger partial charge on any atom is 0.202 e. The fourth-order valence-electron chi connectivity index (χ4n) is 1.46. The molecule has 4 nitrogen and oxygen atoms in total. The van der Waals surface area contributed by atoms with Crippen LogP contribution in [0.5, 0.6) is 0 Å². The summed E-state index contributed by atoms with van der Waals surface area (Å²) in [4.78, 5) is 4.16. The van der Waals surface area contributed by atoms with Gasteiger partial charge in [0.15, 0.2) is 0 Å². The summed E-state index contributed by atoms with van der Waals surface area (Å²) in [6.45, 7) is 0. The molecule has 0 radical (unpaired) electrons. The molecule has 1 N–H and O–H groups in total. The van der Waals surface area contributed by atoms with Crippen LogP contribution in [0.2, 0.25) is 0 Å². The molecule has 4 heteroatoms. The highest BCUT2D eigenvalue weighted by Crippen LogP contribution is 2.18. The van der Waals surface area contributed by atoms with Crippen molar-refractivity contribution in [2.24, 2.45) is 0 Å². The van der Waals surface area contributed by atoms with Crippen molar-refractivity contribution in [3.05, 3.63) is 30.5 Å². The molecular formula is C9H6N4. The largest absolute Gasteiger partial charge is 0.255 e. The van der Waals surface area contributed by atoms with Crippen molar-refractivity contribution in [1.82, 2.24) is 20.4 Å². The number of pyridine rings is 1. The first-order chi connectivity index (χ1) is 6.45. The van der Waals surface area contributed by atoms with E-state index in [0.29, 0.717) is 5.65 Å². The quantitative estimate of drug-likeness (QED) is 0.556. The molecule has 0 amide bonds. The van der Waals surface area contributed by atoms with Crippen molar-refractivity contribution in [2.45, 2.75) is 0 Å². The van der Waals surface area contributed by atoms with Crippen molar-refractivity contribution >= 4 is 21.9 Å². The van der Waals surface area contributed by atoms with E-state index in [9.17, 15) is 0 Å². The molecule has 13 heavy (non-hydrogen) atoms. The topological polar surface area (TPSA) is 54.5 Å². The third-order valence-electron chi connectivity index (χ3n) is 2.09. The summed E-state index contributed by atoms with van der Waals surface area (Å²) in [6, 6.07) is 8.02. The summed E-state index contributed by atoms with van der Waals surface area (Å²) in [5.74, 6) is 0. The predicted molar refractivity (Wildman–Crippen MR) is 49.2 cm³/mol. The molecule has 0 saturated carbocycles. The summed E-state index contributed by atoms with van der Waals surface area (Å²) < 4.78 is 0. The predicted octanol–water partition coefficient (Wildman–Crippen LogP) is 1.51. The average molecular weight is 170 g/mol. The molecule has 0 fully saturated rings. The summed E-state index contributed by atoms with van der Waals surface area (Å²) in [6.07, 6.45) is 1.81. The van der Waals surface area contributed by atoms with Crippen LogP contribution in [0.15, 0.2) is 30.5 Å². The molecule has 1 aromatic carbocycles. The maximum absolute atomic E-state index is 4.16. The van der Waals surface area contributed by atoms with E-state index in [1.807, 2.05) is 24.3 Å². The number of nitrogens with zero attached hydrogens (tertiary/aromatic N) is 3. The molecule has 0 atom stereocenters. The van der Waals surface area contributed by atoms with Crippen LogP contribution in [0.4, 0.5) is 0 Å². The van der Waals surface area contributed by atoms with Gasteiger partial charge in [-0.3, -0.25) is 5.10 Å². The highest BCUT2D eigenvalue weighted by Gasteiger charge is 2.02. The van der Waals surface area contributed by atoms with Gasteiger partial charge in [0.2, 0.25) is 5.65 Å². The van der Waals surface area contributed by atoms with Crippen molar-refractivity contribution in [3.8, 4) is 0 Å². The van der Waals surface area contributed by atoms with E-state index in [0.717, 1.165) is 16.3 Å². The molecule has 0 bridgehead atoms. The normalized spacial score (nSPS) is 11.1. The molecule has 2 heterocycles. The summed E-state index contributed by atoms with van der Waals surface area (Å²) in [5, 5.41) is 12.6. The molecule has 2 aromatic heterocycles. The van der Waals surface area contributed by atoms with Crippen molar-refractivity contribution in [2.75, 3.05) is 0 Å². The van der Waals surface area contributed by atoms with Gasteiger partial charge in [-0.15, -0.1) is 5.10 Å². The van der Waals surface area contributed by atoms with E-state index >= 15 is 0 Å². The second-order valence-corrected chi connectivity index (χ2v) is 2.86. The summed E-state index contributed by atoms with van der Waals surface area (Å²) in [5.41, 5.74) is 1.57. The van der Waals surface area contributed by atoms with Crippen molar-refractivity contribution in [1.29, 1.82) is 0 Å². The highest BCUT2D eigenvalue weighted by atomic mass is 15.3. The van der Waals surface area contributed by atoms with E-state index in [4.69, 9.17) is 0 Å². The third-order valence-corrected chi connectivity index (χ3v) is 2.09. The van der Waals surface area contributed by atoms with E-state index in [-0.39, 0.29) is 0 Å². The van der Waals surface area contributed by atoms with Gasteiger partial charge in [0, 0.05) is 17.0 Å². The number of hydrogen-bond donors (Lipinski definition) is 1. The van der Waals surface area contributed by atoms with Gasteiger partial charge in [-0.05, 0) is 0 Å². The number of fused-ring (bicyclic) bond motifs is 3. The Morgan fingerprint density at radius 2 is 2.08 bits per heavy atom. The molecule has 0 aliphatic carbocycles. The molecule has 3 rings (SSSR count). The van der Waals surface area contributed by atoms with Crippen LogP contribution < -0.4 is 0 Å². The van der Waals surface area contributed by atoms with Gasteiger partial charge in [-0.2, -0.15) is 0 Å². The summed E-state index contributed by atoms with van der Waals surface area (Å²) in [7, 11) is 0. The van der Waals surface area contributed by atoms with Crippen LogP contribution in [0.25, 0.3) is 21.9 Å². The standard InChI is InChI=1S/C9H6N4/c1-2-4-7-6(3-1)5-10-9-8(7)11-13-12-9/h1-5H,(H,10,11,12,13). The van der Waals surface area contributed by atoms with E-state index in [2.05, 4.69) is 20.4 Å². The van der Waals surface area contributed by atoms with Gasteiger partial charge in [0.1, 0.15) is 5.52 Å². The summed E-state index contributed by atoms with van der Waals surface area (Å²) >= 11 is 0. The molecular weight excluding hydrogens is 164 g/mol. The SMILES string of the molecule is c1ccc2c(c1)cnc1nn[nH]c12. The van der Waals surface area contributed by atoms with Gasteiger partial charge in [0.25, 0.3) is 0 Å². The first kappa shape index (κ1) is 6.54. The minimum Gasteiger partial charge on any atom is -0.255 e. The average Bonchev–Trinajstić information content (AvgIpc) is 2.65. The fraction of sp³-hybridized carbons (Fsp3) is 0. The lowest BCUT2D eigenvalue weighted by Crippen LogP contribution is -1.79. The van der Waals surface area contributed by atoms with Gasteiger partial charge >= 0.3 is 0 Å². The van der Waals surface area contributed by atoms with Crippen LogP contribution in [0, 0.1) is 0 Å². The third kappa shape index (κ3) is 0.823. The molecule has 0 spiro atoms. The Kier molecular flexibility index (Phi) is 1.14. The lowest BCUT2D eigenvalue weighted by molar-refractivity contribution is 0.955. The van der Waals surface area contributed by atoms with Crippen molar-refractivity contribution in [3.63, 3.8) is 0 Å². The second-order valence-electron chi connectivity index (χ2n) is 2.86. The minimum atomic E-state index is 0.665. The number of benzene rings is 1. The second kappa shape index (κ2) is 2.26. The van der Waals surface area contributed by atoms with Gasteiger partial charge < -0.3 is 0 Å². The molecule has 3 aromatic rings. The van der Waals surface area contributed by atoms with Gasteiger partial charge in [0.05, 0.1) is 0 Å². The number of rotatable bonds is 0. The fourth-order valence-corrected chi connectivity index (χ4v) is 1.46. The molecule has 0 aliphatic rings. The Balaban J connectivity index is 2.65. The maximum atomic E-state index is 4.16. The number of aromatic nitrogens is 4. The van der Waals surface area contributed by atoms with Crippen LogP contribution in [-0.2, 0) is 0 Å². The van der Waals surface area contributed by atoms with Crippen LogP contribution in [0.3, 0.4) is 0 Å². The zero-order valence-corrected chi connectivity index (χ0v) is 6.73. The Bertz CT molecular complexity index is 570. The van der Waals surface area contributed by atoms with E-state index < -0.39 is 0 Å².